The van der Waals surface area contributed by atoms with E-state index in [4.69, 9.17) is 0 Å². The molecule has 0 spiro atoms. The first kappa shape index (κ1) is 10.1. The van der Waals surface area contributed by atoms with Crippen molar-refractivity contribution in [3.8, 4) is 0 Å². The van der Waals surface area contributed by atoms with E-state index in [0.29, 0.717) is 5.65 Å². The van der Waals surface area contributed by atoms with Gasteiger partial charge in [0.1, 0.15) is 5.65 Å². The number of aromatic nitrogens is 2. The maximum atomic E-state index is 11.2. The molecule has 14 heavy (non-hydrogen) atoms. The van der Waals surface area contributed by atoms with E-state index < -0.39 is 0 Å². The van der Waals surface area contributed by atoms with E-state index in [-0.39, 0.29) is 5.91 Å². The molecular weight excluding hydrogens is 359 g/mol. The lowest BCUT2D eigenvalue weighted by molar-refractivity contribution is 0.0941. The van der Waals surface area contributed by atoms with Crippen LogP contribution in [0.15, 0.2) is 22.9 Å². The Hall–Kier alpha value is -0.430. The number of carbonyl (C=O) groups excluding carboxylic acids is 1. The molecule has 3 nitrogen and oxygen atoms in total. The number of carbonyl (C=O) groups is 1. The van der Waals surface area contributed by atoms with Gasteiger partial charge in [0.2, 0.25) is 5.91 Å². The van der Waals surface area contributed by atoms with Crippen LogP contribution in [-0.4, -0.2) is 15.5 Å². The largest absolute Gasteiger partial charge is 0.274 e. The highest BCUT2D eigenvalue weighted by atomic mass is 127. The van der Waals surface area contributed by atoms with Crippen LogP contribution < -0.4 is 0 Å². The van der Waals surface area contributed by atoms with Gasteiger partial charge in [0.15, 0.2) is 0 Å². The summed E-state index contributed by atoms with van der Waals surface area (Å²) in [7, 11) is 0. The third-order valence-corrected chi connectivity index (χ3v) is 4.45. The Morgan fingerprint density at radius 1 is 1.64 bits per heavy atom. The van der Waals surface area contributed by atoms with Crippen molar-refractivity contribution in [2.75, 3.05) is 0 Å². The molecule has 0 unspecified atom stereocenters. The van der Waals surface area contributed by atoms with Gasteiger partial charge in [-0.2, -0.15) is 0 Å². The lowest BCUT2D eigenvalue weighted by atomic mass is 10.3. The molecule has 0 aliphatic heterocycles. The third-order valence-electron chi connectivity index (χ3n) is 1.94. The Morgan fingerprint density at radius 3 is 3.00 bits per heavy atom. The lowest BCUT2D eigenvalue weighted by Gasteiger charge is -2.00. The van der Waals surface area contributed by atoms with Crippen molar-refractivity contribution in [1.29, 1.82) is 0 Å². The van der Waals surface area contributed by atoms with Gasteiger partial charge in [-0.25, -0.2) is 4.98 Å². The molecule has 2 heterocycles. The smallest absolute Gasteiger partial charge is 0.229 e. The SMILES string of the molecule is CC(=O)n1ccc2c(I)c(Br)cnc21. The van der Waals surface area contributed by atoms with Crippen molar-refractivity contribution < 1.29 is 4.79 Å². The Bertz CT molecular complexity index is 521. The molecule has 2 rings (SSSR count). The molecule has 0 atom stereocenters. The van der Waals surface area contributed by atoms with Gasteiger partial charge < -0.3 is 0 Å². The van der Waals surface area contributed by atoms with E-state index >= 15 is 0 Å². The Morgan fingerprint density at radius 2 is 2.36 bits per heavy atom. The minimum absolute atomic E-state index is 0.0226. The van der Waals surface area contributed by atoms with Crippen LogP contribution >= 0.6 is 38.5 Å². The summed E-state index contributed by atoms with van der Waals surface area (Å²) in [6, 6.07) is 1.90. The van der Waals surface area contributed by atoms with Gasteiger partial charge in [-0.15, -0.1) is 0 Å². The monoisotopic (exact) mass is 364 g/mol. The van der Waals surface area contributed by atoms with E-state index in [1.54, 1.807) is 17.0 Å². The van der Waals surface area contributed by atoms with E-state index in [1.165, 1.54) is 6.92 Å². The zero-order chi connectivity index (χ0) is 10.3. The topological polar surface area (TPSA) is 34.9 Å². The highest BCUT2D eigenvalue weighted by Gasteiger charge is 2.10. The highest BCUT2D eigenvalue weighted by Crippen LogP contribution is 2.26. The summed E-state index contributed by atoms with van der Waals surface area (Å²) in [5.74, 6) is -0.0226. The van der Waals surface area contributed by atoms with Gasteiger partial charge in [-0.1, -0.05) is 0 Å². The van der Waals surface area contributed by atoms with Gasteiger partial charge >= 0.3 is 0 Å². The highest BCUT2D eigenvalue weighted by molar-refractivity contribution is 14.1. The van der Waals surface area contributed by atoms with Crippen LogP contribution in [0.4, 0.5) is 0 Å². The summed E-state index contributed by atoms with van der Waals surface area (Å²) < 4.78 is 3.57. The average molecular weight is 365 g/mol. The molecule has 0 saturated heterocycles. The first-order chi connectivity index (χ1) is 6.61. The number of pyridine rings is 1. The summed E-state index contributed by atoms with van der Waals surface area (Å²) in [5, 5.41) is 0.996. The normalized spacial score (nSPS) is 10.8. The molecule has 0 saturated carbocycles. The molecule has 0 aromatic carbocycles. The van der Waals surface area contributed by atoms with Gasteiger partial charge in [0.25, 0.3) is 0 Å². The van der Waals surface area contributed by atoms with Crippen LogP contribution in [0.25, 0.3) is 11.0 Å². The molecule has 0 fully saturated rings. The molecule has 72 valence electrons. The van der Waals surface area contributed by atoms with Crippen LogP contribution in [0.3, 0.4) is 0 Å². The summed E-state index contributed by atoms with van der Waals surface area (Å²) in [5.41, 5.74) is 0.713. The Balaban J connectivity index is 2.83. The second-order valence-corrected chi connectivity index (χ2v) is 4.80. The predicted octanol–water partition coefficient (Wildman–Crippen LogP) is 3.06. The molecule has 0 aliphatic carbocycles. The second kappa shape index (κ2) is 3.62. The molecule has 0 aliphatic rings. The third kappa shape index (κ3) is 1.48. The fourth-order valence-electron chi connectivity index (χ4n) is 1.28. The number of nitrogens with zero attached hydrogens (tertiary/aromatic N) is 2. The quantitative estimate of drug-likeness (QED) is 0.673. The maximum absolute atomic E-state index is 11.2. The first-order valence-electron chi connectivity index (χ1n) is 3.93. The fourth-order valence-corrected chi connectivity index (χ4v) is 2.16. The number of fused-ring (bicyclic) bond motifs is 1. The number of hydrogen-bond donors (Lipinski definition) is 0. The first-order valence-corrected chi connectivity index (χ1v) is 5.80. The zero-order valence-electron chi connectivity index (χ0n) is 7.29. The van der Waals surface area contributed by atoms with Gasteiger partial charge in [0, 0.05) is 32.7 Å². The van der Waals surface area contributed by atoms with Crippen molar-refractivity contribution in [1.82, 2.24) is 9.55 Å². The van der Waals surface area contributed by atoms with Crippen molar-refractivity contribution in [3.63, 3.8) is 0 Å². The number of hydrogen-bond acceptors (Lipinski definition) is 2. The molecule has 0 bridgehead atoms. The predicted molar refractivity (Wildman–Crippen MR) is 66.5 cm³/mol. The molecule has 0 amide bonds. The summed E-state index contributed by atoms with van der Waals surface area (Å²) in [6.45, 7) is 1.52. The van der Waals surface area contributed by atoms with Crippen molar-refractivity contribution in [2.24, 2.45) is 0 Å². The van der Waals surface area contributed by atoms with Crippen LogP contribution in [0, 0.1) is 3.57 Å². The molecular formula is C9H6BrIN2O. The standard InChI is InChI=1S/C9H6BrIN2O/c1-5(14)13-3-2-6-8(11)7(10)4-12-9(6)13/h2-4H,1H3. The minimum Gasteiger partial charge on any atom is -0.274 e. The van der Waals surface area contributed by atoms with Crippen LogP contribution in [0.1, 0.15) is 11.7 Å². The van der Waals surface area contributed by atoms with Gasteiger partial charge in [0.05, 0.1) is 0 Å². The van der Waals surface area contributed by atoms with E-state index in [1.807, 2.05) is 6.07 Å². The fraction of sp³-hybridized carbons (Fsp3) is 0.111. The van der Waals surface area contributed by atoms with Gasteiger partial charge in [-0.05, 0) is 44.6 Å². The zero-order valence-corrected chi connectivity index (χ0v) is 11.0. The Labute approximate surface area is 103 Å². The average Bonchev–Trinajstić information content (AvgIpc) is 2.55. The van der Waals surface area contributed by atoms with Gasteiger partial charge in [-0.3, -0.25) is 9.36 Å². The number of rotatable bonds is 0. The summed E-state index contributed by atoms with van der Waals surface area (Å²) in [6.07, 6.45) is 3.46. The Kier molecular flexibility index (Phi) is 2.61. The van der Waals surface area contributed by atoms with E-state index in [9.17, 15) is 4.79 Å². The molecule has 2 aromatic heterocycles. The molecule has 2 aromatic rings. The van der Waals surface area contributed by atoms with Crippen molar-refractivity contribution in [2.45, 2.75) is 6.92 Å². The molecule has 0 N–H and O–H groups in total. The van der Waals surface area contributed by atoms with E-state index in [2.05, 4.69) is 43.5 Å². The summed E-state index contributed by atoms with van der Waals surface area (Å²) >= 11 is 5.63. The molecule has 0 radical (unpaired) electrons. The molecule has 5 heteroatoms. The van der Waals surface area contributed by atoms with Crippen LogP contribution in [0.5, 0.6) is 0 Å². The second-order valence-electron chi connectivity index (χ2n) is 2.86. The summed E-state index contributed by atoms with van der Waals surface area (Å²) in [4.78, 5) is 15.4. The van der Waals surface area contributed by atoms with E-state index in [0.717, 1.165) is 13.4 Å². The maximum Gasteiger partial charge on any atom is 0.229 e. The minimum atomic E-state index is -0.0226. The van der Waals surface area contributed by atoms with Crippen molar-refractivity contribution in [3.05, 3.63) is 26.5 Å². The van der Waals surface area contributed by atoms with Crippen molar-refractivity contribution >= 4 is 55.5 Å². The van der Waals surface area contributed by atoms with Crippen LogP contribution in [0.2, 0.25) is 0 Å². The van der Waals surface area contributed by atoms with Crippen LogP contribution in [-0.2, 0) is 0 Å². The lowest BCUT2D eigenvalue weighted by Crippen LogP contribution is -2.04. The number of halogens is 2.